The normalized spacial score (nSPS) is 11.4. The first-order valence-corrected chi connectivity index (χ1v) is 8.98. The zero-order valence-electron chi connectivity index (χ0n) is 12.2. The molecule has 0 saturated heterocycles. The van der Waals surface area contributed by atoms with E-state index in [1.807, 2.05) is 0 Å². The average molecular weight is 402 g/mol. The molecule has 0 aliphatic rings. The van der Waals surface area contributed by atoms with Crippen LogP contribution in [0.2, 0.25) is 0 Å². The van der Waals surface area contributed by atoms with Gasteiger partial charge in [-0.1, -0.05) is 12.1 Å². The third kappa shape index (κ3) is 5.15. The summed E-state index contributed by atoms with van der Waals surface area (Å²) in [7, 11) is -2.77. The summed E-state index contributed by atoms with van der Waals surface area (Å²) in [6.45, 7) is 0.222. The van der Waals surface area contributed by atoms with Crippen molar-refractivity contribution < 1.29 is 17.7 Å². The predicted octanol–water partition coefficient (Wildman–Crippen LogP) is 1.15. The molecule has 2 rings (SSSR count). The van der Waals surface area contributed by atoms with E-state index in [1.165, 1.54) is 10.7 Å². The first-order chi connectivity index (χ1) is 10.8. The minimum Gasteiger partial charge on any atom is -0.748 e. The van der Waals surface area contributed by atoms with Gasteiger partial charge in [0.15, 0.2) is 0 Å². The number of hydrogen-bond acceptors (Lipinski definition) is 6. The Labute approximate surface area is 141 Å². The van der Waals surface area contributed by atoms with Crippen molar-refractivity contribution >= 4 is 26.0 Å². The SMILES string of the molecule is COc1ccc(Cn2nc(CCS(=O)(=O)[O-])cc(Br)c2=O)cc1. The van der Waals surface area contributed by atoms with Crippen LogP contribution in [0.5, 0.6) is 5.75 Å². The summed E-state index contributed by atoms with van der Waals surface area (Å²) in [5, 5.41) is 4.11. The molecule has 0 spiro atoms. The Bertz CT molecular complexity index is 846. The van der Waals surface area contributed by atoms with E-state index in [0.29, 0.717) is 11.4 Å². The zero-order valence-corrected chi connectivity index (χ0v) is 14.6. The van der Waals surface area contributed by atoms with E-state index in [9.17, 15) is 17.8 Å². The lowest BCUT2D eigenvalue weighted by Gasteiger charge is -2.10. The number of aromatic nitrogens is 2. The third-order valence-corrected chi connectivity index (χ3v) is 4.35. The highest BCUT2D eigenvalue weighted by atomic mass is 79.9. The lowest BCUT2D eigenvalue weighted by atomic mass is 10.2. The largest absolute Gasteiger partial charge is 0.748 e. The fraction of sp³-hybridized carbons (Fsp3) is 0.286. The first-order valence-electron chi connectivity index (χ1n) is 6.61. The van der Waals surface area contributed by atoms with Crippen LogP contribution in [0.1, 0.15) is 11.3 Å². The summed E-state index contributed by atoms with van der Waals surface area (Å²) in [6, 6.07) is 8.57. The van der Waals surface area contributed by atoms with Gasteiger partial charge in [-0.15, -0.1) is 0 Å². The Hall–Kier alpha value is -1.71. The number of benzene rings is 1. The van der Waals surface area contributed by atoms with Crippen molar-refractivity contribution in [2.45, 2.75) is 13.0 Å². The summed E-state index contributed by atoms with van der Waals surface area (Å²) in [5.74, 6) is 0.136. The van der Waals surface area contributed by atoms with Gasteiger partial charge in [0.2, 0.25) is 0 Å². The van der Waals surface area contributed by atoms with Crippen LogP contribution in [0.3, 0.4) is 0 Å². The number of nitrogens with zero attached hydrogens (tertiary/aromatic N) is 2. The van der Waals surface area contributed by atoms with Gasteiger partial charge in [0.25, 0.3) is 5.56 Å². The second-order valence-corrected chi connectivity index (χ2v) is 7.18. The second-order valence-electron chi connectivity index (χ2n) is 4.81. The highest BCUT2D eigenvalue weighted by molar-refractivity contribution is 9.10. The molecule has 0 saturated carbocycles. The van der Waals surface area contributed by atoms with Crippen LogP contribution in [0.25, 0.3) is 0 Å². The summed E-state index contributed by atoms with van der Waals surface area (Å²) >= 11 is 3.13. The van der Waals surface area contributed by atoms with Gasteiger partial charge in [-0.3, -0.25) is 4.79 Å². The standard InChI is InChI=1S/C14H15BrN2O5S/c1-22-12-4-2-10(3-5-12)9-17-14(18)13(15)8-11(16-17)6-7-23(19,20)21/h2-5,8H,6-7,9H2,1H3,(H,19,20,21)/p-1. The summed E-state index contributed by atoms with van der Waals surface area (Å²) < 4.78 is 38.7. The van der Waals surface area contributed by atoms with E-state index in [4.69, 9.17) is 4.74 Å². The molecular formula is C14H14BrN2O5S-. The molecule has 0 N–H and O–H groups in total. The monoisotopic (exact) mass is 401 g/mol. The number of methoxy groups -OCH3 is 1. The molecule has 23 heavy (non-hydrogen) atoms. The highest BCUT2D eigenvalue weighted by Gasteiger charge is 2.08. The van der Waals surface area contributed by atoms with Crippen molar-refractivity contribution in [3.8, 4) is 5.75 Å². The number of rotatable bonds is 6. The van der Waals surface area contributed by atoms with Crippen LogP contribution in [0.15, 0.2) is 39.6 Å². The quantitative estimate of drug-likeness (QED) is 0.672. The molecule has 0 fully saturated rings. The van der Waals surface area contributed by atoms with E-state index in [-0.39, 0.29) is 23.0 Å². The maximum absolute atomic E-state index is 12.1. The second kappa shape index (κ2) is 7.24. The Morgan fingerprint density at radius 1 is 1.30 bits per heavy atom. The Kier molecular flexibility index (Phi) is 5.55. The van der Waals surface area contributed by atoms with E-state index < -0.39 is 15.9 Å². The Balaban J connectivity index is 2.26. The van der Waals surface area contributed by atoms with Crippen LogP contribution >= 0.6 is 15.9 Å². The van der Waals surface area contributed by atoms with Crippen molar-refractivity contribution in [2.24, 2.45) is 0 Å². The van der Waals surface area contributed by atoms with E-state index in [1.54, 1.807) is 31.4 Å². The van der Waals surface area contributed by atoms with Gasteiger partial charge in [0.1, 0.15) is 5.75 Å². The lowest BCUT2D eigenvalue weighted by molar-refractivity contribution is 0.414. The first kappa shape index (κ1) is 17.6. The van der Waals surface area contributed by atoms with Gasteiger partial charge >= 0.3 is 0 Å². The minimum absolute atomic E-state index is 0.0483. The van der Waals surface area contributed by atoms with Crippen LogP contribution in [0, 0.1) is 0 Å². The summed E-state index contributed by atoms with van der Waals surface area (Å²) in [6.07, 6.45) is -0.0483. The van der Waals surface area contributed by atoms with Crippen LogP contribution in [0.4, 0.5) is 0 Å². The maximum Gasteiger partial charge on any atom is 0.281 e. The zero-order chi connectivity index (χ0) is 17.0. The van der Waals surface area contributed by atoms with Gasteiger partial charge in [0.05, 0.1) is 33.9 Å². The van der Waals surface area contributed by atoms with Crippen LogP contribution < -0.4 is 10.3 Å². The molecule has 0 amide bonds. The molecule has 1 aromatic carbocycles. The van der Waals surface area contributed by atoms with Crippen molar-refractivity contribution in [3.63, 3.8) is 0 Å². The number of halogens is 1. The van der Waals surface area contributed by atoms with E-state index in [0.717, 1.165) is 5.56 Å². The lowest BCUT2D eigenvalue weighted by Crippen LogP contribution is -2.26. The molecule has 1 heterocycles. The number of aryl methyl sites for hydroxylation is 1. The molecule has 0 aliphatic carbocycles. The van der Waals surface area contributed by atoms with Gasteiger partial charge in [-0.25, -0.2) is 13.1 Å². The van der Waals surface area contributed by atoms with Crippen LogP contribution in [-0.2, 0) is 23.1 Å². The molecular weight excluding hydrogens is 388 g/mol. The molecule has 0 radical (unpaired) electrons. The third-order valence-electron chi connectivity index (χ3n) is 3.08. The van der Waals surface area contributed by atoms with Gasteiger partial charge in [-0.05, 0) is 39.7 Å². The molecule has 0 aliphatic heterocycles. The molecule has 0 bridgehead atoms. The average Bonchev–Trinajstić information content (AvgIpc) is 2.50. The summed E-state index contributed by atoms with van der Waals surface area (Å²) in [4.78, 5) is 12.1. The molecule has 2 aromatic rings. The highest BCUT2D eigenvalue weighted by Crippen LogP contribution is 2.12. The molecule has 1 aromatic heterocycles. The predicted molar refractivity (Wildman–Crippen MR) is 86.6 cm³/mol. The molecule has 124 valence electrons. The Morgan fingerprint density at radius 2 is 1.96 bits per heavy atom. The van der Waals surface area contributed by atoms with Crippen molar-refractivity contribution in [3.05, 3.63) is 56.4 Å². The molecule has 7 nitrogen and oxygen atoms in total. The topological polar surface area (TPSA) is 101 Å². The number of ether oxygens (including phenoxy) is 1. The van der Waals surface area contributed by atoms with Crippen LogP contribution in [-0.4, -0.2) is 35.6 Å². The van der Waals surface area contributed by atoms with Crippen molar-refractivity contribution in [1.29, 1.82) is 0 Å². The molecule has 9 heteroatoms. The van der Waals surface area contributed by atoms with Gasteiger partial charge in [-0.2, -0.15) is 5.10 Å². The fourth-order valence-corrected chi connectivity index (χ4v) is 2.85. The van der Waals surface area contributed by atoms with Crippen molar-refractivity contribution in [1.82, 2.24) is 9.78 Å². The maximum atomic E-state index is 12.1. The number of hydrogen-bond donors (Lipinski definition) is 0. The molecule has 0 atom stereocenters. The van der Waals surface area contributed by atoms with E-state index >= 15 is 0 Å². The van der Waals surface area contributed by atoms with Gasteiger partial charge in [0, 0.05) is 12.2 Å². The smallest absolute Gasteiger partial charge is 0.281 e. The van der Waals surface area contributed by atoms with Gasteiger partial charge < -0.3 is 9.29 Å². The minimum atomic E-state index is -4.33. The van der Waals surface area contributed by atoms with Crippen molar-refractivity contribution in [2.75, 3.05) is 12.9 Å². The Morgan fingerprint density at radius 3 is 2.52 bits per heavy atom. The molecule has 0 unspecified atom stereocenters. The van der Waals surface area contributed by atoms with E-state index in [2.05, 4.69) is 21.0 Å². The fourth-order valence-electron chi connectivity index (χ4n) is 1.92. The summed E-state index contributed by atoms with van der Waals surface area (Å²) in [5.41, 5.74) is 0.847.